The Bertz CT molecular complexity index is 406. The first kappa shape index (κ1) is 12.5. The van der Waals surface area contributed by atoms with Crippen molar-refractivity contribution < 1.29 is 26.3 Å². The maximum absolute atomic E-state index is 12.4. The largest absolute Gasteiger partial charge is 0.419 e. The molecule has 0 radical (unpaired) electrons. The maximum atomic E-state index is 12.4. The molecular formula is C8H6F6N2. The molecule has 1 aromatic carbocycles. The van der Waals surface area contributed by atoms with E-state index in [-0.39, 0.29) is 6.07 Å². The molecule has 2 nitrogen and oxygen atoms in total. The molecular weight excluding hydrogens is 238 g/mol. The van der Waals surface area contributed by atoms with Crippen molar-refractivity contribution in [1.82, 2.24) is 0 Å². The van der Waals surface area contributed by atoms with Crippen LogP contribution >= 0.6 is 0 Å². The van der Waals surface area contributed by atoms with Gasteiger partial charge >= 0.3 is 12.4 Å². The van der Waals surface area contributed by atoms with E-state index < -0.39 is 34.9 Å². The van der Waals surface area contributed by atoms with Crippen LogP contribution in [0, 0.1) is 0 Å². The zero-order valence-electron chi connectivity index (χ0n) is 7.58. The lowest BCUT2D eigenvalue weighted by atomic mass is 10.0. The number of hydrogen-bond donors (Lipinski definition) is 2. The van der Waals surface area contributed by atoms with Crippen molar-refractivity contribution in [2.24, 2.45) is 0 Å². The van der Waals surface area contributed by atoms with E-state index in [0.29, 0.717) is 6.07 Å². The van der Waals surface area contributed by atoms with E-state index in [2.05, 4.69) is 0 Å². The molecule has 4 N–H and O–H groups in total. The van der Waals surface area contributed by atoms with Crippen LogP contribution in [0.4, 0.5) is 37.7 Å². The highest BCUT2D eigenvalue weighted by molar-refractivity contribution is 5.70. The number of alkyl halides is 6. The van der Waals surface area contributed by atoms with Crippen LogP contribution in [-0.2, 0) is 12.4 Å². The van der Waals surface area contributed by atoms with Gasteiger partial charge in [-0.25, -0.2) is 0 Å². The van der Waals surface area contributed by atoms with Gasteiger partial charge in [-0.2, -0.15) is 26.3 Å². The van der Waals surface area contributed by atoms with Gasteiger partial charge in [0.15, 0.2) is 0 Å². The summed E-state index contributed by atoms with van der Waals surface area (Å²) in [6, 6.07) is 0.946. The maximum Gasteiger partial charge on any atom is 0.419 e. The van der Waals surface area contributed by atoms with E-state index in [0.717, 1.165) is 0 Å². The van der Waals surface area contributed by atoms with Gasteiger partial charge in [0.1, 0.15) is 0 Å². The molecule has 0 fully saturated rings. The number of rotatable bonds is 0. The summed E-state index contributed by atoms with van der Waals surface area (Å²) in [6.45, 7) is 0. The van der Waals surface area contributed by atoms with E-state index in [1.54, 1.807) is 0 Å². The van der Waals surface area contributed by atoms with Gasteiger partial charge in [0.2, 0.25) is 0 Å². The molecule has 0 aliphatic rings. The summed E-state index contributed by atoms with van der Waals surface area (Å²) < 4.78 is 74.0. The highest BCUT2D eigenvalue weighted by Gasteiger charge is 2.45. The summed E-state index contributed by atoms with van der Waals surface area (Å²) in [6.07, 6.45) is -10.3. The normalized spacial score (nSPS) is 12.9. The number of anilines is 2. The summed E-state index contributed by atoms with van der Waals surface area (Å²) in [4.78, 5) is 0. The summed E-state index contributed by atoms with van der Waals surface area (Å²) in [7, 11) is 0. The van der Waals surface area contributed by atoms with Crippen LogP contribution in [0.3, 0.4) is 0 Å². The SMILES string of the molecule is Nc1ccc(C(F)(F)F)c(C(F)(F)F)c1N. The summed E-state index contributed by atoms with van der Waals surface area (Å²) in [5, 5.41) is 0. The second kappa shape index (κ2) is 3.46. The molecule has 1 aromatic rings. The molecule has 0 saturated heterocycles. The Kier molecular flexibility index (Phi) is 2.70. The quantitative estimate of drug-likeness (QED) is 0.544. The van der Waals surface area contributed by atoms with Gasteiger partial charge in [-0.1, -0.05) is 0 Å². The molecule has 0 aliphatic carbocycles. The zero-order chi connectivity index (χ0) is 12.7. The molecule has 0 bridgehead atoms. The van der Waals surface area contributed by atoms with E-state index in [4.69, 9.17) is 11.5 Å². The molecule has 90 valence electrons. The number of benzene rings is 1. The molecule has 0 spiro atoms. The molecule has 8 heteroatoms. The summed E-state index contributed by atoms with van der Waals surface area (Å²) >= 11 is 0. The first-order valence-corrected chi connectivity index (χ1v) is 3.87. The van der Waals surface area contributed by atoms with E-state index in [1.165, 1.54) is 0 Å². The number of hydrogen-bond acceptors (Lipinski definition) is 2. The van der Waals surface area contributed by atoms with Crippen molar-refractivity contribution in [2.75, 3.05) is 11.5 Å². The van der Waals surface area contributed by atoms with Crippen LogP contribution in [0.5, 0.6) is 0 Å². The van der Waals surface area contributed by atoms with Gasteiger partial charge in [0, 0.05) is 0 Å². The lowest BCUT2D eigenvalue weighted by molar-refractivity contribution is -0.161. The fraction of sp³-hybridized carbons (Fsp3) is 0.250. The highest BCUT2D eigenvalue weighted by Crippen LogP contribution is 2.44. The topological polar surface area (TPSA) is 52.0 Å². The molecule has 0 unspecified atom stereocenters. The molecule has 0 aliphatic heterocycles. The van der Waals surface area contributed by atoms with E-state index in [1.807, 2.05) is 0 Å². The fourth-order valence-electron chi connectivity index (χ4n) is 1.18. The number of halogens is 6. The number of nitrogen functional groups attached to an aromatic ring is 2. The average molecular weight is 244 g/mol. The predicted molar refractivity (Wildman–Crippen MR) is 45.3 cm³/mol. The lowest BCUT2D eigenvalue weighted by Crippen LogP contribution is -2.19. The third kappa shape index (κ3) is 2.15. The third-order valence-electron chi connectivity index (χ3n) is 1.87. The molecule has 16 heavy (non-hydrogen) atoms. The second-order valence-corrected chi connectivity index (χ2v) is 2.99. The Morgan fingerprint density at radius 1 is 0.812 bits per heavy atom. The van der Waals surface area contributed by atoms with Crippen molar-refractivity contribution >= 4 is 11.4 Å². The smallest absolute Gasteiger partial charge is 0.397 e. The van der Waals surface area contributed by atoms with Crippen LogP contribution < -0.4 is 11.5 Å². The van der Waals surface area contributed by atoms with Gasteiger partial charge in [-0.3, -0.25) is 0 Å². The molecule has 1 rings (SSSR count). The minimum atomic E-state index is -5.20. The van der Waals surface area contributed by atoms with Crippen molar-refractivity contribution in [3.63, 3.8) is 0 Å². The minimum absolute atomic E-state index is 0.258. The first-order chi connectivity index (χ1) is 7.05. The minimum Gasteiger partial charge on any atom is -0.397 e. The average Bonchev–Trinajstić information content (AvgIpc) is 2.05. The Balaban J connectivity index is 3.59. The van der Waals surface area contributed by atoms with Gasteiger partial charge in [-0.15, -0.1) is 0 Å². The van der Waals surface area contributed by atoms with Crippen LogP contribution in [0.25, 0.3) is 0 Å². The van der Waals surface area contributed by atoms with Gasteiger partial charge in [-0.05, 0) is 12.1 Å². The molecule has 0 saturated carbocycles. The van der Waals surface area contributed by atoms with Crippen LogP contribution in [0.1, 0.15) is 11.1 Å². The van der Waals surface area contributed by atoms with Gasteiger partial charge in [0.05, 0.1) is 22.5 Å². The summed E-state index contributed by atoms with van der Waals surface area (Å²) in [5.41, 5.74) is 4.52. The first-order valence-electron chi connectivity index (χ1n) is 3.87. The van der Waals surface area contributed by atoms with Crippen LogP contribution in [0.15, 0.2) is 12.1 Å². The van der Waals surface area contributed by atoms with E-state index >= 15 is 0 Å². The second-order valence-electron chi connectivity index (χ2n) is 2.99. The Labute approximate surface area is 85.8 Å². The molecule has 0 amide bonds. The van der Waals surface area contributed by atoms with Crippen molar-refractivity contribution in [1.29, 1.82) is 0 Å². The Morgan fingerprint density at radius 2 is 1.31 bits per heavy atom. The van der Waals surface area contributed by atoms with Crippen molar-refractivity contribution in [2.45, 2.75) is 12.4 Å². The standard InChI is InChI=1S/C8H6F6N2/c9-7(10,11)3-1-2-4(15)6(16)5(3)8(12,13)14/h1-2H,15-16H2. The monoisotopic (exact) mass is 244 g/mol. The zero-order valence-corrected chi connectivity index (χ0v) is 7.58. The third-order valence-corrected chi connectivity index (χ3v) is 1.87. The summed E-state index contributed by atoms with van der Waals surface area (Å²) in [5.74, 6) is 0. The molecule has 0 aromatic heterocycles. The highest BCUT2D eigenvalue weighted by atomic mass is 19.4. The lowest BCUT2D eigenvalue weighted by Gasteiger charge is -2.18. The Morgan fingerprint density at radius 3 is 1.69 bits per heavy atom. The van der Waals surface area contributed by atoms with Crippen molar-refractivity contribution in [3.05, 3.63) is 23.3 Å². The van der Waals surface area contributed by atoms with Crippen LogP contribution in [-0.4, -0.2) is 0 Å². The molecule has 0 atom stereocenters. The predicted octanol–water partition coefficient (Wildman–Crippen LogP) is 2.89. The van der Waals surface area contributed by atoms with Crippen molar-refractivity contribution in [3.8, 4) is 0 Å². The fourth-order valence-corrected chi connectivity index (χ4v) is 1.18. The van der Waals surface area contributed by atoms with Gasteiger partial charge < -0.3 is 11.5 Å². The number of nitrogens with two attached hydrogens (primary N) is 2. The van der Waals surface area contributed by atoms with E-state index in [9.17, 15) is 26.3 Å². The molecule has 0 heterocycles. The van der Waals surface area contributed by atoms with Gasteiger partial charge in [0.25, 0.3) is 0 Å². The van der Waals surface area contributed by atoms with Crippen LogP contribution in [0.2, 0.25) is 0 Å². The Hall–Kier alpha value is -1.60.